The molecule has 2 nitrogen and oxygen atoms in total. The van der Waals surface area contributed by atoms with Crippen LogP contribution in [-0.4, -0.2) is 17.4 Å². The van der Waals surface area contributed by atoms with E-state index in [0.29, 0.717) is 6.61 Å². The maximum Gasteiger partial charge on any atom is 0.489 e. The van der Waals surface area contributed by atoms with E-state index in [2.05, 4.69) is 13.5 Å². The van der Waals surface area contributed by atoms with Crippen LogP contribution in [0.15, 0.2) is 12.7 Å². The third-order valence-electron chi connectivity index (χ3n) is 2.81. The lowest BCUT2D eigenvalue weighted by Gasteiger charge is -2.26. The smallest absolute Gasteiger partial charge is 0.339 e. The summed E-state index contributed by atoms with van der Waals surface area (Å²) in [5.74, 6) is 0.201. The Morgan fingerprint density at radius 3 is 2.62 bits per heavy atom. The molecule has 0 radical (unpaired) electrons. The minimum absolute atomic E-state index is 0.110. The fraction of sp³-hybridized carbons (Fsp3) is 0.727. The first kappa shape index (κ1) is 10.3. The van der Waals surface area contributed by atoms with Crippen LogP contribution in [0.3, 0.4) is 0 Å². The SMILES string of the molecule is C=CCOC(=[OH+])C1(C)CCCCC1. The first-order valence-electron chi connectivity index (χ1n) is 4.99. The maximum atomic E-state index is 9.71. The zero-order valence-electron chi connectivity index (χ0n) is 8.38. The number of rotatable bonds is 3. The molecule has 1 aliphatic carbocycles. The van der Waals surface area contributed by atoms with Crippen molar-refractivity contribution in [2.75, 3.05) is 6.61 Å². The van der Waals surface area contributed by atoms with E-state index in [1.54, 1.807) is 6.08 Å². The van der Waals surface area contributed by atoms with Gasteiger partial charge >= 0.3 is 5.97 Å². The highest BCUT2D eigenvalue weighted by atomic mass is 16.5. The summed E-state index contributed by atoms with van der Waals surface area (Å²) in [6.07, 6.45) is 7.40. The highest BCUT2D eigenvalue weighted by Gasteiger charge is 2.41. The van der Waals surface area contributed by atoms with Gasteiger partial charge in [0.25, 0.3) is 0 Å². The molecule has 2 heteroatoms. The second kappa shape index (κ2) is 4.45. The third-order valence-corrected chi connectivity index (χ3v) is 2.81. The molecule has 0 aromatic carbocycles. The lowest BCUT2D eigenvalue weighted by Crippen LogP contribution is -2.32. The molecule has 0 bridgehead atoms. The summed E-state index contributed by atoms with van der Waals surface area (Å²) in [4.78, 5) is 9.71. The Hall–Kier alpha value is -0.790. The molecule has 13 heavy (non-hydrogen) atoms. The average Bonchev–Trinajstić information content (AvgIpc) is 2.15. The van der Waals surface area contributed by atoms with Gasteiger partial charge < -0.3 is 9.53 Å². The number of hydrogen-bond donors (Lipinski definition) is 0. The fourth-order valence-corrected chi connectivity index (χ4v) is 1.86. The molecule has 0 aromatic rings. The largest absolute Gasteiger partial charge is 0.489 e. The molecule has 1 rings (SSSR count). The topological polar surface area (TPSA) is 30.6 Å². The fourth-order valence-electron chi connectivity index (χ4n) is 1.86. The summed E-state index contributed by atoms with van der Waals surface area (Å²) in [6, 6.07) is 0. The van der Waals surface area contributed by atoms with Crippen molar-refractivity contribution in [3.8, 4) is 0 Å². The zero-order chi connectivity index (χ0) is 9.73. The van der Waals surface area contributed by atoms with Crippen LogP contribution in [0.1, 0.15) is 39.0 Å². The van der Waals surface area contributed by atoms with Crippen molar-refractivity contribution in [3.63, 3.8) is 0 Å². The average molecular weight is 183 g/mol. The summed E-state index contributed by atoms with van der Waals surface area (Å²) >= 11 is 0. The van der Waals surface area contributed by atoms with Crippen LogP contribution in [0, 0.1) is 5.41 Å². The third kappa shape index (κ3) is 2.58. The zero-order valence-corrected chi connectivity index (χ0v) is 8.38. The summed E-state index contributed by atoms with van der Waals surface area (Å²) < 4.78 is 5.19. The van der Waals surface area contributed by atoms with Crippen LogP contribution in [-0.2, 0) is 4.74 Å². The molecule has 0 atom stereocenters. The van der Waals surface area contributed by atoms with Crippen molar-refractivity contribution in [1.82, 2.24) is 0 Å². The first-order valence-corrected chi connectivity index (χ1v) is 4.99. The second-order valence-electron chi connectivity index (χ2n) is 4.03. The van der Waals surface area contributed by atoms with E-state index in [-0.39, 0.29) is 11.4 Å². The van der Waals surface area contributed by atoms with Gasteiger partial charge in [-0.1, -0.05) is 25.8 Å². The monoisotopic (exact) mass is 183 g/mol. The Kier molecular flexibility index (Phi) is 3.52. The highest BCUT2D eigenvalue weighted by molar-refractivity contribution is 5.77. The van der Waals surface area contributed by atoms with Gasteiger partial charge in [-0.05, 0) is 25.8 Å². The van der Waals surface area contributed by atoms with Gasteiger partial charge in [0.2, 0.25) is 6.61 Å². The van der Waals surface area contributed by atoms with Gasteiger partial charge in [-0.25, -0.2) is 0 Å². The summed E-state index contributed by atoms with van der Waals surface area (Å²) in [5, 5.41) is 0. The maximum absolute atomic E-state index is 9.71. The van der Waals surface area contributed by atoms with E-state index < -0.39 is 0 Å². The van der Waals surface area contributed by atoms with Gasteiger partial charge in [0.1, 0.15) is 5.41 Å². The molecule has 74 valence electrons. The van der Waals surface area contributed by atoms with Crippen molar-refractivity contribution >= 4 is 5.97 Å². The summed E-state index contributed by atoms with van der Waals surface area (Å²) in [7, 11) is 0. The molecular formula is C11H19O2+. The van der Waals surface area contributed by atoms with E-state index in [0.717, 1.165) is 12.8 Å². The van der Waals surface area contributed by atoms with Gasteiger partial charge in [-0.3, -0.25) is 0 Å². The molecule has 0 spiro atoms. The minimum atomic E-state index is -0.110. The first-order chi connectivity index (χ1) is 6.19. The van der Waals surface area contributed by atoms with E-state index >= 15 is 0 Å². The molecule has 0 amide bonds. The van der Waals surface area contributed by atoms with Crippen LogP contribution in [0.2, 0.25) is 0 Å². The minimum Gasteiger partial charge on any atom is -0.339 e. The van der Waals surface area contributed by atoms with Gasteiger partial charge in [-0.2, -0.15) is 0 Å². The van der Waals surface area contributed by atoms with Crippen molar-refractivity contribution in [2.45, 2.75) is 39.0 Å². The van der Waals surface area contributed by atoms with Crippen molar-refractivity contribution in [3.05, 3.63) is 12.7 Å². The predicted octanol–water partition coefficient (Wildman–Crippen LogP) is 2.66. The highest BCUT2D eigenvalue weighted by Crippen LogP contribution is 2.36. The molecule has 1 saturated carbocycles. The van der Waals surface area contributed by atoms with Gasteiger partial charge in [-0.15, -0.1) is 0 Å². The molecule has 0 aliphatic heterocycles. The summed E-state index contributed by atoms with van der Waals surface area (Å²) in [6.45, 7) is 6.03. The Bertz CT molecular complexity index is 190. The Balaban J connectivity index is 2.46. The van der Waals surface area contributed by atoms with Gasteiger partial charge in [0.05, 0.1) is 0 Å². The Morgan fingerprint density at radius 2 is 2.08 bits per heavy atom. The van der Waals surface area contributed by atoms with Crippen LogP contribution < -0.4 is 0 Å². The molecule has 0 heterocycles. The number of ether oxygens (including phenoxy) is 1. The Morgan fingerprint density at radius 1 is 1.46 bits per heavy atom. The lowest BCUT2D eigenvalue weighted by atomic mass is 9.76. The Labute approximate surface area is 80.0 Å². The van der Waals surface area contributed by atoms with E-state index in [1.807, 2.05) is 0 Å². The van der Waals surface area contributed by atoms with Crippen LogP contribution in [0.5, 0.6) is 0 Å². The molecule has 0 unspecified atom stereocenters. The number of carbonyl (C=O) groups excluding carboxylic acids is 1. The van der Waals surface area contributed by atoms with Gasteiger partial charge in [0, 0.05) is 0 Å². The van der Waals surface area contributed by atoms with Crippen LogP contribution in [0.25, 0.3) is 0 Å². The van der Waals surface area contributed by atoms with Gasteiger partial charge in [0.15, 0.2) is 0 Å². The van der Waals surface area contributed by atoms with E-state index in [4.69, 9.17) is 4.74 Å². The van der Waals surface area contributed by atoms with Crippen LogP contribution >= 0.6 is 0 Å². The normalized spacial score (nSPS) is 20.7. The van der Waals surface area contributed by atoms with Crippen LogP contribution in [0.4, 0.5) is 0 Å². The molecule has 0 saturated heterocycles. The molecule has 1 fully saturated rings. The quantitative estimate of drug-likeness (QED) is 0.376. The molecule has 0 aromatic heterocycles. The molecular weight excluding hydrogens is 164 g/mol. The predicted molar refractivity (Wildman–Crippen MR) is 54.3 cm³/mol. The second-order valence-corrected chi connectivity index (χ2v) is 4.03. The van der Waals surface area contributed by atoms with Crippen molar-refractivity contribution in [2.24, 2.45) is 5.41 Å². The van der Waals surface area contributed by atoms with E-state index in [9.17, 15) is 4.79 Å². The van der Waals surface area contributed by atoms with Crippen molar-refractivity contribution in [1.29, 1.82) is 0 Å². The van der Waals surface area contributed by atoms with E-state index in [1.165, 1.54) is 19.3 Å². The number of esters is 1. The summed E-state index contributed by atoms with van der Waals surface area (Å²) in [5.41, 5.74) is -0.110. The van der Waals surface area contributed by atoms with Crippen molar-refractivity contribution < 1.29 is 9.53 Å². The lowest BCUT2D eigenvalue weighted by molar-refractivity contribution is 0.196. The molecule has 1 aliphatic rings. The standard InChI is InChI=1S/C11H18O2/c1-3-9-13-10(12)11(2)7-5-4-6-8-11/h3H,1,4-9H2,2H3/p+1. The molecule has 1 N–H and O–H groups in total. The number of hydrogen-bond acceptors (Lipinski definition) is 1.